The lowest BCUT2D eigenvalue weighted by atomic mass is 9.98. The van der Waals surface area contributed by atoms with Crippen LogP contribution in [-0.4, -0.2) is 40.9 Å². The summed E-state index contributed by atoms with van der Waals surface area (Å²) < 4.78 is 17.6. The molecule has 0 aliphatic carbocycles. The highest BCUT2D eigenvalue weighted by Gasteiger charge is 2.53. The van der Waals surface area contributed by atoms with Crippen LogP contribution >= 0.6 is 0 Å². The Labute approximate surface area is 146 Å². The molecule has 25 heavy (non-hydrogen) atoms. The van der Waals surface area contributed by atoms with Crippen LogP contribution in [0.15, 0.2) is 60.7 Å². The number of rotatable bonds is 5. The minimum Gasteiger partial charge on any atom is -0.387 e. The number of ether oxygens (including phenoxy) is 3. The first-order valence-corrected chi connectivity index (χ1v) is 8.60. The van der Waals surface area contributed by atoms with Crippen molar-refractivity contribution in [3.05, 3.63) is 71.8 Å². The fourth-order valence-corrected chi connectivity index (χ4v) is 3.59. The number of aliphatic hydroxyl groups excluding tert-OH is 2. The highest BCUT2D eigenvalue weighted by molar-refractivity contribution is 5.21. The van der Waals surface area contributed by atoms with Gasteiger partial charge in [0.05, 0.1) is 12.7 Å². The van der Waals surface area contributed by atoms with Gasteiger partial charge in [-0.05, 0) is 11.1 Å². The van der Waals surface area contributed by atoms with E-state index in [4.69, 9.17) is 14.2 Å². The fraction of sp³-hybridized carbons (Fsp3) is 0.400. The molecule has 0 amide bonds. The normalized spacial score (nSPS) is 32.5. The summed E-state index contributed by atoms with van der Waals surface area (Å²) in [6.07, 6.45) is -3.10. The van der Waals surface area contributed by atoms with Gasteiger partial charge in [0.2, 0.25) is 0 Å². The molecule has 2 aliphatic heterocycles. The first-order chi connectivity index (χ1) is 12.2. The van der Waals surface area contributed by atoms with E-state index >= 15 is 0 Å². The number of fused-ring (bicyclic) bond motifs is 1. The van der Waals surface area contributed by atoms with Crippen LogP contribution < -0.4 is 0 Å². The molecule has 2 fully saturated rings. The van der Waals surface area contributed by atoms with Gasteiger partial charge in [0, 0.05) is 6.42 Å². The van der Waals surface area contributed by atoms with Crippen molar-refractivity contribution in [1.29, 1.82) is 0 Å². The molecule has 0 aromatic heterocycles. The first-order valence-electron chi connectivity index (χ1n) is 8.60. The van der Waals surface area contributed by atoms with E-state index < -0.39 is 30.7 Å². The van der Waals surface area contributed by atoms with Gasteiger partial charge < -0.3 is 24.4 Å². The second-order valence-electron chi connectivity index (χ2n) is 6.55. The zero-order valence-corrected chi connectivity index (χ0v) is 13.8. The number of aliphatic hydroxyl groups is 2. The van der Waals surface area contributed by atoms with Gasteiger partial charge in [0.15, 0.2) is 6.29 Å². The highest BCUT2D eigenvalue weighted by Crippen LogP contribution is 2.40. The third-order valence-electron chi connectivity index (χ3n) is 4.82. The standard InChI is InChI=1S/C20H22O5/c21-16-11-15-19(25-16)17(22)20(24-15)18(14-9-5-2-6-10-14)23-12-13-7-3-1-4-8-13/h1-10,15-22H,11-12H2/t15-,16-,17+,18-,19+,20+/m1/s1. The third-order valence-corrected chi connectivity index (χ3v) is 4.82. The van der Waals surface area contributed by atoms with Gasteiger partial charge in [-0.25, -0.2) is 0 Å². The molecule has 2 N–H and O–H groups in total. The van der Waals surface area contributed by atoms with Gasteiger partial charge in [-0.2, -0.15) is 0 Å². The van der Waals surface area contributed by atoms with Crippen molar-refractivity contribution in [2.75, 3.05) is 0 Å². The van der Waals surface area contributed by atoms with Crippen LogP contribution in [0, 0.1) is 0 Å². The molecular weight excluding hydrogens is 320 g/mol. The average Bonchev–Trinajstić information content (AvgIpc) is 3.15. The summed E-state index contributed by atoms with van der Waals surface area (Å²) in [6.45, 7) is 0.422. The summed E-state index contributed by atoms with van der Waals surface area (Å²) in [5.74, 6) is 0. The van der Waals surface area contributed by atoms with E-state index in [1.165, 1.54) is 0 Å². The van der Waals surface area contributed by atoms with Crippen molar-refractivity contribution in [3.8, 4) is 0 Å². The summed E-state index contributed by atoms with van der Waals surface area (Å²) in [7, 11) is 0. The molecule has 2 aliphatic rings. The summed E-state index contributed by atoms with van der Waals surface area (Å²) in [6, 6.07) is 19.7. The topological polar surface area (TPSA) is 68.2 Å². The predicted molar refractivity (Wildman–Crippen MR) is 90.6 cm³/mol. The largest absolute Gasteiger partial charge is 0.387 e. The van der Waals surface area contributed by atoms with E-state index in [0.29, 0.717) is 13.0 Å². The molecule has 0 unspecified atom stereocenters. The second-order valence-corrected chi connectivity index (χ2v) is 6.55. The van der Waals surface area contributed by atoms with Gasteiger partial charge in [-0.1, -0.05) is 60.7 Å². The van der Waals surface area contributed by atoms with Crippen LogP contribution in [0.25, 0.3) is 0 Å². The summed E-state index contributed by atoms with van der Waals surface area (Å²) in [4.78, 5) is 0. The Bertz CT molecular complexity index is 677. The lowest BCUT2D eigenvalue weighted by Gasteiger charge is -2.27. The maximum atomic E-state index is 10.7. The van der Waals surface area contributed by atoms with Crippen molar-refractivity contribution >= 4 is 0 Å². The van der Waals surface area contributed by atoms with Gasteiger partial charge in [-0.15, -0.1) is 0 Å². The molecule has 0 bridgehead atoms. The molecule has 2 saturated heterocycles. The number of hydrogen-bond donors (Lipinski definition) is 2. The van der Waals surface area contributed by atoms with E-state index in [-0.39, 0.29) is 6.10 Å². The maximum absolute atomic E-state index is 10.7. The zero-order chi connectivity index (χ0) is 17.2. The summed E-state index contributed by atoms with van der Waals surface area (Å²) >= 11 is 0. The van der Waals surface area contributed by atoms with Gasteiger partial charge in [0.1, 0.15) is 24.4 Å². The van der Waals surface area contributed by atoms with E-state index in [1.54, 1.807) is 0 Å². The molecule has 0 saturated carbocycles. The molecule has 5 heteroatoms. The molecule has 132 valence electrons. The fourth-order valence-electron chi connectivity index (χ4n) is 3.59. The van der Waals surface area contributed by atoms with E-state index in [9.17, 15) is 10.2 Å². The van der Waals surface area contributed by atoms with E-state index in [1.807, 2.05) is 60.7 Å². The molecule has 2 aromatic rings. The van der Waals surface area contributed by atoms with Crippen LogP contribution in [-0.2, 0) is 20.8 Å². The Balaban J connectivity index is 1.54. The van der Waals surface area contributed by atoms with Crippen molar-refractivity contribution in [2.24, 2.45) is 0 Å². The Morgan fingerprint density at radius 1 is 0.960 bits per heavy atom. The Hall–Kier alpha value is -1.76. The van der Waals surface area contributed by atoms with Gasteiger partial charge in [-0.3, -0.25) is 0 Å². The molecular formula is C20H22O5. The molecule has 2 aromatic carbocycles. The predicted octanol–water partition coefficient (Wildman–Crippen LogP) is 2.18. The van der Waals surface area contributed by atoms with E-state index in [2.05, 4.69) is 0 Å². The minimum atomic E-state index is -0.869. The molecule has 5 nitrogen and oxygen atoms in total. The molecule has 4 rings (SSSR count). The Morgan fingerprint density at radius 2 is 1.64 bits per heavy atom. The smallest absolute Gasteiger partial charge is 0.157 e. The summed E-state index contributed by atoms with van der Waals surface area (Å²) in [5.41, 5.74) is 2.01. The van der Waals surface area contributed by atoms with Crippen LogP contribution in [0.4, 0.5) is 0 Å². The average molecular weight is 342 g/mol. The zero-order valence-electron chi connectivity index (χ0n) is 13.8. The quantitative estimate of drug-likeness (QED) is 0.872. The monoisotopic (exact) mass is 342 g/mol. The molecule has 0 spiro atoms. The maximum Gasteiger partial charge on any atom is 0.157 e. The Morgan fingerprint density at radius 3 is 2.32 bits per heavy atom. The van der Waals surface area contributed by atoms with Crippen molar-refractivity contribution in [3.63, 3.8) is 0 Å². The highest BCUT2D eigenvalue weighted by atomic mass is 16.7. The van der Waals surface area contributed by atoms with Gasteiger partial charge in [0.25, 0.3) is 0 Å². The second kappa shape index (κ2) is 7.23. The minimum absolute atomic E-state index is 0.304. The molecule has 0 radical (unpaired) electrons. The van der Waals surface area contributed by atoms with Crippen LogP contribution in [0.3, 0.4) is 0 Å². The van der Waals surface area contributed by atoms with Crippen LogP contribution in [0.5, 0.6) is 0 Å². The number of hydrogen-bond acceptors (Lipinski definition) is 5. The molecule has 2 heterocycles. The van der Waals surface area contributed by atoms with Crippen molar-refractivity contribution < 1.29 is 24.4 Å². The van der Waals surface area contributed by atoms with Crippen LogP contribution in [0.2, 0.25) is 0 Å². The van der Waals surface area contributed by atoms with Gasteiger partial charge >= 0.3 is 0 Å². The SMILES string of the molecule is O[C@H]1[C@H]2O[C@@H](O)C[C@H]2O[C@@H]1[C@H](OCc1ccccc1)c1ccccc1. The molecule has 6 atom stereocenters. The van der Waals surface area contributed by atoms with Crippen molar-refractivity contribution in [1.82, 2.24) is 0 Å². The lowest BCUT2D eigenvalue weighted by molar-refractivity contribution is -0.142. The first kappa shape index (κ1) is 16.7. The Kier molecular flexibility index (Phi) is 4.83. The van der Waals surface area contributed by atoms with Crippen LogP contribution in [0.1, 0.15) is 23.7 Å². The lowest BCUT2D eigenvalue weighted by Crippen LogP contribution is -2.37. The number of benzene rings is 2. The third kappa shape index (κ3) is 3.47. The van der Waals surface area contributed by atoms with E-state index in [0.717, 1.165) is 11.1 Å². The summed E-state index contributed by atoms with van der Waals surface area (Å²) in [5, 5.41) is 20.3. The van der Waals surface area contributed by atoms with Crippen molar-refractivity contribution in [2.45, 2.75) is 49.8 Å².